The van der Waals surface area contributed by atoms with Gasteiger partial charge < -0.3 is 10.5 Å². The summed E-state index contributed by atoms with van der Waals surface area (Å²) in [5.74, 6) is 1.34. The van der Waals surface area contributed by atoms with E-state index in [1.54, 1.807) is 18.2 Å². The summed E-state index contributed by atoms with van der Waals surface area (Å²) >= 11 is 15.3. The topological polar surface area (TPSA) is 35.2 Å². The van der Waals surface area contributed by atoms with Crippen LogP contribution in [-0.2, 0) is 0 Å². The quantitative estimate of drug-likeness (QED) is 0.776. The number of rotatable bonds is 3. The van der Waals surface area contributed by atoms with E-state index in [0.717, 1.165) is 10.0 Å². The lowest BCUT2D eigenvalue weighted by Crippen LogP contribution is -2.05. The van der Waals surface area contributed by atoms with E-state index in [4.69, 9.17) is 33.7 Å². The highest BCUT2D eigenvalue weighted by Gasteiger charge is 2.07. The van der Waals surface area contributed by atoms with Crippen molar-refractivity contribution in [3.63, 3.8) is 0 Å². The summed E-state index contributed by atoms with van der Waals surface area (Å²) in [6, 6.07) is 10.8. The molecular formula is C14H12BrCl2NO. The molecule has 0 spiro atoms. The van der Waals surface area contributed by atoms with Gasteiger partial charge in [-0.2, -0.15) is 0 Å². The summed E-state index contributed by atoms with van der Waals surface area (Å²) in [4.78, 5) is 0. The van der Waals surface area contributed by atoms with Crippen LogP contribution in [0, 0.1) is 0 Å². The van der Waals surface area contributed by atoms with Crippen LogP contribution < -0.4 is 10.5 Å². The predicted octanol–water partition coefficient (Wildman–Crippen LogP) is 5.57. The molecule has 2 N–H and O–H groups in total. The average molecular weight is 361 g/mol. The fourth-order valence-corrected chi connectivity index (χ4v) is 2.62. The van der Waals surface area contributed by atoms with Gasteiger partial charge in [0, 0.05) is 16.6 Å². The lowest BCUT2D eigenvalue weighted by molar-refractivity contribution is 0.482. The Balaban J connectivity index is 2.24. The molecule has 2 nitrogen and oxygen atoms in total. The zero-order valence-corrected chi connectivity index (χ0v) is 13.3. The average Bonchev–Trinajstić information content (AvgIpc) is 2.33. The molecule has 19 heavy (non-hydrogen) atoms. The Kier molecular flexibility index (Phi) is 4.74. The van der Waals surface area contributed by atoms with Crippen molar-refractivity contribution in [2.24, 2.45) is 5.73 Å². The van der Waals surface area contributed by atoms with E-state index in [0.29, 0.717) is 21.5 Å². The summed E-state index contributed by atoms with van der Waals surface area (Å²) in [5.41, 5.74) is 6.88. The molecule has 0 bridgehead atoms. The number of hydrogen-bond acceptors (Lipinski definition) is 2. The highest BCUT2D eigenvalue weighted by Crippen LogP contribution is 2.32. The van der Waals surface area contributed by atoms with Crippen molar-refractivity contribution < 1.29 is 4.74 Å². The van der Waals surface area contributed by atoms with Crippen LogP contribution in [0.3, 0.4) is 0 Å². The summed E-state index contributed by atoms with van der Waals surface area (Å²) in [7, 11) is 0. The third-order valence-corrected chi connectivity index (χ3v) is 4.02. The van der Waals surface area contributed by atoms with E-state index in [1.807, 2.05) is 25.1 Å². The normalized spacial score (nSPS) is 12.3. The van der Waals surface area contributed by atoms with E-state index in [1.165, 1.54) is 0 Å². The van der Waals surface area contributed by atoms with Crippen molar-refractivity contribution in [1.82, 2.24) is 0 Å². The van der Waals surface area contributed by atoms with Gasteiger partial charge in [0.25, 0.3) is 0 Å². The van der Waals surface area contributed by atoms with Crippen molar-refractivity contribution in [3.8, 4) is 11.5 Å². The molecule has 2 aromatic rings. The Morgan fingerprint density at radius 3 is 2.26 bits per heavy atom. The Bertz CT molecular complexity index is 602. The van der Waals surface area contributed by atoms with E-state index in [9.17, 15) is 0 Å². The Hall–Kier alpha value is -0.740. The van der Waals surface area contributed by atoms with E-state index < -0.39 is 0 Å². The van der Waals surface area contributed by atoms with Crippen LogP contribution in [0.2, 0.25) is 10.0 Å². The van der Waals surface area contributed by atoms with Crippen LogP contribution in [-0.4, -0.2) is 0 Å². The molecule has 1 unspecified atom stereocenters. The lowest BCUT2D eigenvalue weighted by Gasteiger charge is -2.11. The van der Waals surface area contributed by atoms with Gasteiger partial charge >= 0.3 is 0 Å². The molecule has 0 saturated carbocycles. The smallest absolute Gasteiger partial charge is 0.129 e. The van der Waals surface area contributed by atoms with Gasteiger partial charge in [-0.25, -0.2) is 0 Å². The van der Waals surface area contributed by atoms with Gasteiger partial charge in [0.1, 0.15) is 11.5 Å². The van der Waals surface area contributed by atoms with Crippen LogP contribution >= 0.6 is 39.1 Å². The van der Waals surface area contributed by atoms with Gasteiger partial charge in [0.05, 0.1) is 10.0 Å². The molecule has 100 valence electrons. The monoisotopic (exact) mass is 359 g/mol. The molecule has 0 aliphatic rings. The molecule has 5 heteroatoms. The summed E-state index contributed by atoms with van der Waals surface area (Å²) in [6.45, 7) is 1.93. The second kappa shape index (κ2) is 6.14. The van der Waals surface area contributed by atoms with Gasteiger partial charge in [-0.05, 0) is 36.8 Å². The second-order valence-electron chi connectivity index (χ2n) is 4.15. The number of hydrogen-bond donors (Lipinski definition) is 1. The van der Waals surface area contributed by atoms with Gasteiger partial charge in [-0.15, -0.1) is 0 Å². The lowest BCUT2D eigenvalue weighted by atomic mass is 10.1. The highest BCUT2D eigenvalue weighted by atomic mass is 79.9. The van der Waals surface area contributed by atoms with Gasteiger partial charge in [0.2, 0.25) is 0 Å². The fourth-order valence-electron chi connectivity index (χ4n) is 1.62. The van der Waals surface area contributed by atoms with E-state index >= 15 is 0 Å². The van der Waals surface area contributed by atoms with Crippen LogP contribution in [0.1, 0.15) is 18.5 Å². The first-order chi connectivity index (χ1) is 8.97. The third kappa shape index (κ3) is 3.63. The molecule has 0 amide bonds. The number of benzene rings is 2. The number of halogens is 3. The van der Waals surface area contributed by atoms with E-state index in [2.05, 4.69) is 15.9 Å². The maximum atomic E-state index is 5.94. The molecule has 2 aromatic carbocycles. The molecule has 0 saturated heterocycles. The van der Waals surface area contributed by atoms with Gasteiger partial charge in [-0.1, -0.05) is 45.2 Å². The first-order valence-electron chi connectivity index (χ1n) is 5.65. The van der Waals surface area contributed by atoms with E-state index in [-0.39, 0.29) is 6.04 Å². The number of nitrogens with two attached hydrogens (primary N) is 1. The fraction of sp³-hybridized carbons (Fsp3) is 0.143. The highest BCUT2D eigenvalue weighted by molar-refractivity contribution is 9.10. The van der Waals surface area contributed by atoms with Crippen molar-refractivity contribution in [1.29, 1.82) is 0 Å². The minimum Gasteiger partial charge on any atom is -0.457 e. The maximum absolute atomic E-state index is 5.94. The zero-order valence-electron chi connectivity index (χ0n) is 10.2. The molecule has 0 aromatic heterocycles. The summed E-state index contributed by atoms with van der Waals surface area (Å²) in [5, 5.41) is 0.966. The summed E-state index contributed by atoms with van der Waals surface area (Å²) in [6.07, 6.45) is 0. The molecule has 1 atom stereocenters. The SMILES string of the molecule is CC(N)c1ccc(Oc2ccc(Cl)c(Cl)c2)cc1Br. The van der Waals surface area contributed by atoms with Crippen LogP contribution in [0.15, 0.2) is 40.9 Å². The molecule has 2 rings (SSSR count). The largest absolute Gasteiger partial charge is 0.457 e. The van der Waals surface area contributed by atoms with Gasteiger partial charge in [0.15, 0.2) is 0 Å². The van der Waals surface area contributed by atoms with Crippen molar-refractivity contribution in [2.45, 2.75) is 13.0 Å². The molecule has 0 aliphatic heterocycles. The number of ether oxygens (including phenoxy) is 1. The Labute approximate surface area is 130 Å². The maximum Gasteiger partial charge on any atom is 0.129 e. The van der Waals surface area contributed by atoms with Crippen LogP contribution in [0.25, 0.3) is 0 Å². The molecule has 0 fully saturated rings. The van der Waals surface area contributed by atoms with Crippen molar-refractivity contribution >= 4 is 39.1 Å². The predicted molar refractivity (Wildman–Crippen MR) is 83.3 cm³/mol. The second-order valence-corrected chi connectivity index (χ2v) is 5.82. The molecule has 0 aliphatic carbocycles. The minimum atomic E-state index is -0.0339. The Morgan fingerprint density at radius 1 is 1.05 bits per heavy atom. The van der Waals surface area contributed by atoms with Crippen LogP contribution in [0.4, 0.5) is 0 Å². The third-order valence-electron chi connectivity index (χ3n) is 2.59. The van der Waals surface area contributed by atoms with Crippen molar-refractivity contribution in [2.75, 3.05) is 0 Å². The summed E-state index contributed by atoms with van der Waals surface area (Å²) < 4.78 is 6.63. The minimum absolute atomic E-state index is 0.0339. The first kappa shape index (κ1) is 14.7. The molecular weight excluding hydrogens is 349 g/mol. The van der Waals surface area contributed by atoms with Crippen LogP contribution in [0.5, 0.6) is 11.5 Å². The zero-order chi connectivity index (χ0) is 14.0. The van der Waals surface area contributed by atoms with Crippen molar-refractivity contribution in [3.05, 3.63) is 56.5 Å². The molecule has 0 radical (unpaired) electrons. The standard InChI is InChI=1S/C14H12BrCl2NO/c1-8(18)11-4-2-9(6-12(11)15)19-10-3-5-13(16)14(17)7-10/h2-8H,18H2,1H3. The first-order valence-corrected chi connectivity index (χ1v) is 7.20. The van der Waals surface area contributed by atoms with Gasteiger partial charge in [-0.3, -0.25) is 0 Å². The molecule has 0 heterocycles. The Morgan fingerprint density at radius 2 is 1.68 bits per heavy atom.